The number of quaternary nitrogens is 1. The van der Waals surface area contributed by atoms with Crippen LogP contribution in [0.15, 0.2) is 0 Å². The fourth-order valence-corrected chi connectivity index (χ4v) is 1.91. The summed E-state index contributed by atoms with van der Waals surface area (Å²) in [5, 5.41) is 22.6. The van der Waals surface area contributed by atoms with Crippen LogP contribution in [0.25, 0.3) is 0 Å². The van der Waals surface area contributed by atoms with Gasteiger partial charge < -0.3 is 24.8 Å². The van der Waals surface area contributed by atoms with Crippen molar-refractivity contribution in [1.82, 2.24) is 5.32 Å². The molecule has 0 aromatic rings. The standard InChI is InChI=1S/C9H16N2O4/c1-11(2,3)5-9(8(14)15)4-6(12)7(13)10-9/h6,12H,4-5H2,1-3H3,(H-,10,13,14,15)/t6-,9-/m0/s1. The molecule has 0 aliphatic carbocycles. The number of hydrogen-bond acceptors (Lipinski definition) is 4. The maximum Gasteiger partial charge on any atom is 0.249 e. The fraction of sp³-hybridized carbons (Fsp3) is 0.778. The molecule has 1 aliphatic rings. The predicted octanol–water partition coefficient (Wildman–Crippen LogP) is -2.94. The highest BCUT2D eigenvalue weighted by atomic mass is 16.4. The SMILES string of the molecule is C[N+](C)(C)C[C@]1(C(=O)[O-])C[C@H](O)C(=O)N1. The highest BCUT2D eigenvalue weighted by Gasteiger charge is 2.48. The van der Waals surface area contributed by atoms with Gasteiger partial charge in [0.25, 0.3) is 0 Å². The zero-order chi connectivity index (χ0) is 11.9. The molecule has 1 rings (SSSR count). The minimum atomic E-state index is -1.45. The Morgan fingerprint density at radius 3 is 2.47 bits per heavy atom. The lowest BCUT2D eigenvalue weighted by Crippen LogP contribution is -2.64. The van der Waals surface area contributed by atoms with Gasteiger partial charge in [-0.05, 0) is 0 Å². The Kier molecular flexibility index (Phi) is 2.75. The summed E-state index contributed by atoms with van der Waals surface area (Å²) in [5.74, 6) is -1.99. The molecule has 0 saturated carbocycles. The topological polar surface area (TPSA) is 89.5 Å². The molecule has 1 fully saturated rings. The van der Waals surface area contributed by atoms with E-state index in [1.165, 1.54) is 0 Å². The largest absolute Gasteiger partial charge is 0.547 e. The van der Waals surface area contributed by atoms with Gasteiger partial charge in [-0.2, -0.15) is 0 Å². The Labute approximate surface area is 88.1 Å². The van der Waals surface area contributed by atoms with Gasteiger partial charge in [0.15, 0.2) is 0 Å². The van der Waals surface area contributed by atoms with Crippen molar-refractivity contribution >= 4 is 11.9 Å². The number of carbonyl (C=O) groups is 2. The summed E-state index contributed by atoms with van der Waals surface area (Å²) in [7, 11) is 5.42. The molecule has 0 aromatic heterocycles. The normalized spacial score (nSPS) is 31.5. The lowest BCUT2D eigenvalue weighted by Gasteiger charge is -2.36. The Balaban J connectivity index is 2.92. The van der Waals surface area contributed by atoms with Gasteiger partial charge in [0.2, 0.25) is 5.91 Å². The summed E-state index contributed by atoms with van der Waals surface area (Å²) in [5.41, 5.74) is -1.45. The number of likely N-dealkylation sites (N-methyl/N-ethyl adjacent to an activating group) is 1. The molecule has 1 amide bonds. The number of aliphatic hydroxyl groups is 1. The van der Waals surface area contributed by atoms with Gasteiger partial charge in [-0.1, -0.05) is 0 Å². The number of aliphatic hydroxyl groups excluding tert-OH is 1. The Bertz CT molecular complexity index is 297. The highest BCUT2D eigenvalue weighted by Crippen LogP contribution is 2.22. The van der Waals surface area contributed by atoms with E-state index < -0.39 is 23.5 Å². The second-order valence-electron chi connectivity index (χ2n) is 5.03. The van der Waals surface area contributed by atoms with Crippen LogP contribution in [-0.2, 0) is 9.59 Å². The van der Waals surface area contributed by atoms with Crippen LogP contribution in [0.3, 0.4) is 0 Å². The summed E-state index contributed by atoms with van der Waals surface area (Å²) in [6.45, 7) is 0.179. The van der Waals surface area contributed by atoms with Crippen LogP contribution in [0.4, 0.5) is 0 Å². The number of aliphatic carboxylic acids is 1. The Morgan fingerprint density at radius 2 is 2.20 bits per heavy atom. The molecule has 2 N–H and O–H groups in total. The molecule has 2 atom stereocenters. The third-order valence-electron chi connectivity index (χ3n) is 2.34. The number of amides is 1. The first-order valence-electron chi connectivity index (χ1n) is 4.68. The number of hydrogen-bond donors (Lipinski definition) is 2. The average Bonchev–Trinajstić information content (AvgIpc) is 2.24. The zero-order valence-electron chi connectivity index (χ0n) is 9.11. The molecule has 6 heteroatoms. The second-order valence-corrected chi connectivity index (χ2v) is 5.03. The predicted molar refractivity (Wildman–Crippen MR) is 49.4 cm³/mol. The van der Waals surface area contributed by atoms with E-state index in [-0.39, 0.29) is 13.0 Å². The molecule has 0 bridgehead atoms. The van der Waals surface area contributed by atoms with Crippen molar-refractivity contribution in [1.29, 1.82) is 0 Å². The van der Waals surface area contributed by atoms with Gasteiger partial charge in [0.05, 0.1) is 27.1 Å². The molecular weight excluding hydrogens is 200 g/mol. The maximum atomic E-state index is 11.1. The van der Waals surface area contributed by atoms with Gasteiger partial charge in [0.1, 0.15) is 18.2 Å². The quantitative estimate of drug-likeness (QED) is 0.494. The minimum absolute atomic E-state index is 0.135. The van der Waals surface area contributed by atoms with Crippen LogP contribution in [-0.4, -0.2) is 60.8 Å². The van der Waals surface area contributed by atoms with Gasteiger partial charge in [0, 0.05) is 6.42 Å². The van der Waals surface area contributed by atoms with E-state index in [1.807, 2.05) is 21.1 Å². The van der Waals surface area contributed by atoms with Gasteiger partial charge in [-0.3, -0.25) is 4.79 Å². The monoisotopic (exact) mass is 216 g/mol. The maximum absolute atomic E-state index is 11.1. The molecule has 1 heterocycles. The van der Waals surface area contributed by atoms with Crippen molar-refractivity contribution in [3.8, 4) is 0 Å². The molecule has 1 aliphatic heterocycles. The molecule has 0 spiro atoms. The Morgan fingerprint density at radius 1 is 1.67 bits per heavy atom. The first-order valence-corrected chi connectivity index (χ1v) is 4.68. The van der Waals surface area contributed by atoms with E-state index in [1.54, 1.807) is 0 Å². The number of rotatable bonds is 3. The van der Waals surface area contributed by atoms with Crippen molar-refractivity contribution in [2.75, 3.05) is 27.7 Å². The van der Waals surface area contributed by atoms with E-state index in [4.69, 9.17) is 0 Å². The molecule has 86 valence electrons. The lowest BCUT2D eigenvalue weighted by atomic mass is 9.95. The molecule has 6 nitrogen and oxygen atoms in total. The van der Waals surface area contributed by atoms with Crippen molar-refractivity contribution in [3.05, 3.63) is 0 Å². The minimum Gasteiger partial charge on any atom is -0.547 e. The lowest BCUT2D eigenvalue weighted by molar-refractivity contribution is -0.873. The van der Waals surface area contributed by atoms with E-state index in [2.05, 4.69) is 5.32 Å². The van der Waals surface area contributed by atoms with Crippen molar-refractivity contribution in [3.63, 3.8) is 0 Å². The number of carboxylic acid groups (broad SMARTS) is 1. The van der Waals surface area contributed by atoms with Gasteiger partial charge in [-0.25, -0.2) is 0 Å². The third-order valence-corrected chi connectivity index (χ3v) is 2.34. The summed E-state index contributed by atoms with van der Waals surface area (Å²) >= 11 is 0. The van der Waals surface area contributed by atoms with E-state index in [0.29, 0.717) is 4.48 Å². The van der Waals surface area contributed by atoms with Crippen LogP contribution >= 0.6 is 0 Å². The van der Waals surface area contributed by atoms with Crippen LogP contribution in [0.5, 0.6) is 0 Å². The average molecular weight is 216 g/mol. The van der Waals surface area contributed by atoms with Crippen LogP contribution < -0.4 is 10.4 Å². The van der Waals surface area contributed by atoms with Crippen LogP contribution in [0.2, 0.25) is 0 Å². The van der Waals surface area contributed by atoms with Crippen LogP contribution in [0.1, 0.15) is 6.42 Å². The van der Waals surface area contributed by atoms with Crippen molar-refractivity contribution < 1.29 is 24.3 Å². The summed E-state index contributed by atoms with van der Waals surface area (Å²) in [6, 6.07) is 0. The Hall–Kier alpha value is -1.14. The smallest absolute Gasteiger partial charge is 0.249 e. The third kappa shape index (κ3) is 2.45. The summed E-state index contributed by atoms with van der Waals surface area (Å²) in [6.07, 6.45) is -1.39. The zero-order valence-corrected chi connectivity index (χ0v) is 9.11. The first-order chi connectivity index (χ1) is 6.66. The molecule has 0 radical (unpaired) electrons. The van der Waals surface area contributed by atoms with Gasteiger partial charge in [-0.15, -0.1) is 0 Å². The summed E-state index contributed by atoms with van der Waals surface area (Å²) < 4.78 is 0.362. The van der Waals surface area contributed by atoms with Crippen molar-refractivity contribution in [2.24, 2.45) is 0 Å². The van der Waals surface area contributed by atoms with Gasteiger partial charge >= 0.3 is 0 Å². The number of carboxylic acids is 1. The fourth-order valence-electron chi connectivity index (χ4n) is 1.91. The number of carbonyl (C=O) groups excluding carboxylic acids is 2. The highest BCUT2D eigenvalue weighted by molar-refractivity contribution is 5.92. The second kappa shape index (κ2) is 3.46. The van der Waals surface area contributed by atoms with Crippen molar-refractivity contribution in [2.45, 2.75) is 18.1 Å². The summed E-state index contributed by atoms with van der Waals surface area (Å²) in [4.78, 5) is 22.2. The number of nitrogens with zero attached hydrogens (tertiary/aromatic N) is 1. The molecule has 0 aromatic carbocycles. The molecular formula is C9H16N2O4. The molecule has 1 saturated heterocycles. The van der Waals surface area contributed by atoms with Crippen LogP contribution in [0, 0.1) is 0 Å². The number of nitrogens with one attached hydrogen (secondary N) is 1. The van der Waals surface area contributed by atoms with E-state index in [0.717, 1.165) is 0 Å². The van der Waals surface area contributed by atoms with E-state index >= 15 is 0 Å². The molecule has 0 unspecified atom stereocenters. The van der Waals surface area contributed by atoms with E-state index in [9.17, 15) is 19.8 Å². The molecule has 15 heavy (non-hydrogen) atoms. The first kappa shape index (κ1) is 11.9.